The Balaban J connectivity index is 2.08. The Morgan fingerprint density at radius 2 is 2.28 bits per heavy atom. The second kappa shape index (κ2) is 4.85. The quantitative estimate of drug-likeness (QED) is 0.835. The van der Waals surface area contributed by atoms with Crippen molar-refractivity contribution in [2.45, 2.75) is 13.3 Å². The Hall–Kier alpha value is -1.14. The van der Waals surface area contributed by atoms with Crippen LogP contribution < -0.4 is 5.32 Å². The van der Waals surface area contributed by atoms with E-state index in [1.807, 2.05) is 0 Å². The van der Waals surface area contributed by atoms with Gasteiger partial charge in [0.05, 0.1) is 29.3 Å². The highest BCUT2D eigenvalue weighted by molar-refractivity contribution is 7.91. The Labute approximate surface area is 110 Å². The third kappa shape index (κ3) is 3.00. The summed E-state index contributed by atoms with van der Waals surface area (Å²) in [5, 5.41) is 3.05. The monoisotopic (exact) mass is 288 g/mol. The zero-order valence-corrected chi connectivity index (χ0v) is 11.4. The van der Waals surface area contributed by atoms with Gasteiger partial charge in [-0.25, -0.2) is 13.4 Å². The third-order valence-electron chi connectivity index (χ3n) is 2.94. The van der Waals surface area contributed by atoms with Crippen LogP contribution in [-0.2, 0) is 14.6 Å². The van der Waals surface area contributed by atoms with Gasteiger partial charge in [-0.2, -0.15) is 0 Å². The second-order valence-corrected chi connectivity index (χ2v) is 7.03. The highest BCUT2D eigenvalue weighted by Crippen LogP contribution is 2.22. The van der Waals surface area contributed by atoms with Crippen LogP contribution in [-0.4, -0.2) is 30.8 Å². The maximum atomic E-state index is 11.9. The highest BCUT2D eigenvalue weighted by Gasteiger charge is 2.33. The molecule has 0 aliphatic carbocycles. The number of rotatable bonds is 2. The number of pyridine rings is 1. The van der Waals surface area contributed by atoms with Gasteiger partial charge in [0.2, 0.25) is 5.91 Å². The largest absolute Gasteiger partial charge is 0.324 e. The molecule has 0 saturated carbocycles. The maximum absolute atomic E-state index is 11.9. The maximum Gasteiger partial charge on any atom is 0.228 e. The number of anilines is 1. The molecular weight excluding hydrogens is 276 g/mol. The molecule has 5 nitrogen and oxygen atoms in total. The second-order valence-electron chi connectivity index (χ2n) is 4.41. The van der Waals surface area contributed by atoms with Gasteiger partial charge >= 0.3 is 0 Å². The summed E-state index contributed by atoms with van der Waals surface area (Å²) in [5.74, 6) is -0.727. The van der Waals surface area contributed by atoms with Crippen molar-refractivity contribution in [3.63, 3.8) is 0 Å². The Bertz CT molecular complexity index is 586. The fourth-order valence-electron chi connectivity index (χ4n) is 1.89. The van der Waals surface area contributed by atoms with Crippen LogP contribution in [0.25, 0.3) is 0 Å². The summed E-state index contributed by atoms with van der Waals surface area (Å²) in [6.45, 7) is 1.80. The fourth-order valence-corrected chi connectivity index (χ4v) is 3.84. The van der Waals surface area contributed by atoms with Crippen molar-refractivity contribution in [2.75, 3.05) is 16.8 Å². The Morgan fingerprint density at radius 3 is 2.83 bits per heavy atom. The van der Waals surface area contributed by atoms with E-state index in [0.717, 1.165) is 5.56 Å². The van der Waals surface area contributed by atoms with E-state index >= 15 is 0 Å². The van der Waals surface area contributed by atoms with Crippen molar-refractivity contribution < 1.29 is 13.2 Å². The van der Waals surface area contributed by atoms with E-state index in [0.29, 0.717) is 17.3 Å². The summed E-state index contributed by atoms with van der Waals surface area (Å²) in [4.78, 5) is 15.8. The summed E-state index contributed by atoms with van der Waals surface area (Å²) in [6.07, 6.45) is 1.85. The van der Waals surface area contributed by atoms with Crippen molar-refractivity contribution >= 4 is 33.0 Å². The summed E-state index contributed by atoms with van der Waals surface area (Å²) in [5.41, 5.74) is 1.36. The fraction of sp³-hybridized carbons (Fsp3) is 0.455. The van der Waals surface area contributed by atoms with Crippen LogP contribution in [0.2, 0.25) is 5.15 Å². The number of aryl methyl sites for hydroxylation is 1. The average molecular weight is 289 g/mol. The van der Waals surface area contributed by atoms with E-state index in [-0.39, 0.29) is 17.4 Å². The minimum absolute atomic E-state index is 0.0705. The lowest BCUT2D eigenvalue weighted by atomic mass is 10.1. The standard InChI is InChI=1S/C11H13ClN2O3S/c1-7-4-10(12)13-5-9(7)14-11(15)8-2-3-18(16,17)6-8/h4-5,8H,2-3,6H2,1H3,(H,14,15). The predicted octanol–water partition coefficient (Wildman–Crippen LogP) is 1.42. The number of hydrogen-bond acceptors (Lipinski definition) is 4. The first-order valence-corrected chi connectivity index (χ1v) is 7.71. The molecule has 18 heavy (non-hydrogen) atoms. The number of sulfone groups is 1. The molecule has 1 N–H and O–H groups in total. The smallest absolute Gasteiger partial charge is 0.228 e. The number of halogens is 1. The van der Waals surface area contributed by atoms with Gasteiger partial charge < -0.3 is 5.32 Å². The first kappa shape index (κ1) is 13.3. The molecule has 1 fully saturated rings. The van der Waals surface area contributed by atoms with Crippen molar-refractivity contribution in [1.82, 2.24) is 4.98 Å². The van der Waals surface area contributed by atoms with Crippen molar-refractivity contribution in [1.29, 1.82) is 0 Å². The van der Waals surface area contributed by atoms with Crippen LogP contribution in [0.4, 0.5) is 5.69 Å². The summed E-state index contributed by atoms with van der Waals surface area (Å²) < 4.78 is 22.6. The van der Waals surface area contributed by atoms with Gasteiger partial charge in [-0.05, 0) is 25.0 Å². The van der Waals surface area contributed by atoms with E-state index in [9.17, 15) is 13.2 Å². The molecule has 98 valence electrons. The molecule has 2 rings (SSSR count). The molecule has 1 aromatic heterocycles. The van der Waals surface area contributed by atoms with Gasteiger partial charge in [-0.15, -0.1) is 0 Å². The van der Waals surface area contributed by atoms with Crippen LogP contribution in [0, 0.1) is 12.8 Å². The summed E-state index contributed by atoms with van der Waals surface area (Å²) in [6, 6.07) is 1.64. The Morgan fingerprint density at radius 1 is 1.56 bits per heavy atom. The van der Waals surface area contributed by atoms with Crippen molar-refractivity contribution in [3.05, 3.63) is 23.0 Å². The molecule has 1 amide bonds. The van der Waals surface area contributed by atoms with Crippen LogP contribution in [0.1, 0.15) is 12.0 Å². The molecule has 2 heterocycles. The molecule has 1 unspecified atom stereocenters. The average Bonchev–Trinajstić information content (AvgIpc) is 2.63. The molecule has 1 aromatic rings. The summed E-state index contributed by atoms with van der Waals surface area (Å²) in [7, 11) is -3.05. The highest BCUT2D eigenvalue weighted by atomic mass is 35.5. The molecule has 0 spiro atoms. The van der Waals surface area contributed by atoms with Crippen molar-refractivity contribution in [2.24, 2.45) is 5.92 Å². The van der Waals surface area contributed by atoms with Crippen LogP contribution in [0.5, 0.6) is 0 Å². The zero-order chi connectivity index (χ0) is 13.3. The van der Waals surface area contributed by atoms with Crippen LogP contribution >= 0.6 is 11.6 Å². The van der Waals surface area contributed by atoms with E-state index in [4.69, 9.17) is 11.6 Å². The Kier molecular flexibility index (Phi) is 3.59. The van der Waals surface area contributed by atoms with Gasteiger partial charge in [-0.1, -0.05) is 11.6 Å². The van der Waals surface area contributed by atoms with Crippen molar-refractivity contribution in [3.8, 4) is 0 Å². The molecule has 0 radical (unpaired) electrons. The summed E-state index contributed by atoms with van der Waals surface area (Å²) >= 11 is 5.71. The number of carbonyl (C=O) groups excluding carboxylic acids is 1. The number of amides is 1. The molecule has 1 saturated heterocycles. The number of hydrogen-bond donors (Lipinski definition) is 1. The number of nitrogens with one attached hydrogen (secondary N) is 1. The predicted molar refractivity (Wildman–Crippen MR) is 69.4 cm³/mol. The molecular formula is C11H13ClN2O3S. The molecule has 1 atom stereocenters. The normalized spacial score (nSPS) is 21.8. The lowest BCUT2D eigenvalue weighted by Gasteiger charge is -2.11. The van der Waals surface area contributed by atoms with E-state index < -0.39 is 15.8 Å². The first-order valence-electron chi connectivity index (χ1n) is 5.51. The number of carbonyl (C=O) groups is 1. The lowest BCUT2D eigenvalue weighted by Crippen LogP contribution is -2.24. The van der Waals surface area contributed by atoms with E-state index in [2.05, 4.69) is 10.3 Å². The molecule has 1 aliphatic heterocycles. The van der Waals surface area contributed by atoms with Crippen LogP contribution in [0.15, 0.2) is 12.3 Å². The number of aromatic nitrogens is 1. The minimum Gasteiger partial charge on any atom is -0.324 e. The first-order chi connectivity index (χ1) is 8.37. The van der Waals surface area contributed by atoms with E-state index in [1.165, 1.54) is 6.20 Å². The van der Waals surface area contributed by atoms with Gasteiger partial charge in [-0.3, -0.25) is 4.79 Å². The molecule has 0 aromatic carbocycles. The molecule has 7 heteroatoms. The van der Waals surface area contributed by atoms with Gasteiger partial charge in [0, 0.05) is 0 Å². The SMILES string of the molecule is Cc1cc(Cl)ncc1NC(=O)C1CCS(=O)(=O)C1. The topological polar surface area (TPSA) is 76.1 Å². The van der Waals surface area contributed by atoms with Gasteiger partial charge in [0.1, 0.15) is 5.15 Å². The lowest BCUT2D eigenvalue weighted by molar-refractivity contribution is -0.119. The third-order valence-corrected chi connectivity index (χ3v) is 4.91. The molecule has 1 aliphatic rings. The van der Waals surface area contributed by atoms with E-state index in [1.54, 1.807) is 13.0 Å². The minimum atomic E-state index is -3.05. The zero-order valence-electron chi connectivity index (χ0n) is 9.81. The van der Waals surface area contributed by atoms with Crippen LogP contribution in [0.3, 0.4) is 0 Å². The van der Waals surface area contributed by atoms with Gasteiger partial charge in [0.15, 0.2) is 9.84 Å². The van der Waals surface area contributed by atoms with Gasteiger partial charge in [0.25, 0.3) is 0 Å². The number of nitrogens with zero attached hydrogens (tertiary/aromatic N) is 1. The molecule has 0 bridgehead atoms.